The van der Waals surface area contributed by atoms with E-state index in [1.54, 1.807) is 48.2 Å². The van der Waals surface area contributed by atoms with Crippen molar-refractivity contribution in [3.63, 3.8) is 0 Å². The molecule has 32 heavy (non-hydrogen) atoms. The van der Waals surface area contributed by atoms with E-state index in [2.05, 4.69) is 11.4 Å². The van der Waals surface area contributed by atoms with Gasteiger partial charge in [0.1, 0.15) is 11.9 Å². The van der Waals surface area contributed by atoms with Crippen molar-refractivity contribution in [1.82, 2.24) is 10.2 Å². The molecule has 0 heterocycles. The number of halogens is 2. The molecule has 0 saturated carbocycles. The molecule has 1 N–H and O–H groups in total. The van der Waals surface area contributed by atoms with E-state index in [9.17, 15) is 14.0 Å². The molecule has 1 atom stereocenters. The van der Waals surface area contributed by atoms with Gasteiger partial charge in [-0.3, -0.25) is 9.59 Å². The van der Waals surface area contributed by atoms with Crippen molar-refractivity contribution < 1.29 is 14.0 Å². The van der Waals surface area contributed by atoms with Crippen LogP contribution in [0.2, 0.25) is 5.02 Å². The molecule has 170 valence electrons. The minimum atomic E-state index is -0.653. The Labute approximate surface area is 194 Å². The van der Waals surface area contributed by atoms with Crippen LogP contribution in [0.25, 0.3) is 0 Å². The number of amides is 2. The Hall–Kier alpha value is -2.66. The average molecular weight is 457 g/mol. The van der Waals surface area contributed by atoms with E-state index in [4.69, 9.17) is 11.6 Å². The molecule has 0 radical (unpaired) electrons. The van der Waals surface area contributed by atoms with Gasteiger partial charge in [0.15, 0.2) is 0 Å². The van der Waals surface area contributed by atoms with E-state index in [1.807, 2.05) is 0 Å². The Morgan fingerprint density at radius 3 is 2.41 bits per heavy atom. The number of rotatable bonds is 9. The first kappa shape index (κ1) is 24.0. The van der Waals surface area contributed by atoms with Crippen molar-refractivity contribution in [2.75, 3.05) is 6.54 Å². The molecule has 0 saturated heterocycles. The zero-order chi connectivity index (χ0) is 22.9. The second kappa shape index (κ2) is 11.8. The highest BCUT2D eigenvalue weighted by Crippen LogP contribution is 2.19. The summed E-state index contributed by atoms with van der Waals surface area (Å²) in [6, 6.07) is 12.4. The van der Waals surface area contributed by atoms with Gasteiger partial charge in [-0.25, -0.2) is 4.39 Å². The summed E-state index contributed by atoms with van der Waals surface area (Å²) in [5, 5.41) is 3.58. The van der Waals surface area contributed by atoms with Gasteiger partial charge in [-0.15, -0.1) is 0 Å². The predicted octanol–water partition coefficient (Wildman–Crippen LogP) is 5.45. The van der Waals surface area contributed by atoms with Crippen molar-refractivity contribution in [3.05, 3.63) is 82.1 Å². The van der Waals surface area contributed by atoms with Crippen molar-refractivity contribution >= 4 is 23.4 Å². The first-order valence-electron chi connectivity index (χ1n) is 11.2. The Bertz CT molecular complexity index is 941. The summed E-state index contributed by atoms with van der Waals surface area (Å²) in [5.41, 5.74) is 2.98. The van der Waals surface area contributed by atoms with Crippen LogP contribution in [0.1, 0.15) is 50.2 Å². The van der Waals surface area contributed by atoms with E-state index in [-0.39, 0.29) is 30.6 Å². The second-order valence-corrected chi connectivity index (χ2v) is 8.71. The minimum absolute atomic E-state index is 0.156. The molecule has 2 aromatic rings. The van der Waals surface area contributed by atoms with Crippen LogP contribution in [0.4, 0.5) is 4.39 Å². The number of carbonyl (C=O) groups is 2. The second-order valence-electron chi connectivity index (χ2n) is 8.28. The molecule has 6 heteroatoms. The van der Waals surface area contributed by atoms with Gasteiger partial charge in [-0.05, 0) is 74.4 Å². The average Bonchev–Trinajstić information content (AvgIpc) is 2.80. The smallest absolute Gasteiger partial charge is 0.242 e. The topological polar surface area (TPSA) is 49.4 Å². The quantitative estimate of drug-likeness (QED) is 0.510. The summed E-state index contributed by atoms with van der Waals surface area (Å²) < 4.78 is 13.3. The van der Waals surface area contributed by atoms with E-state index in [1.165, 1.54) is 30.5 Å². The van der Waals surface area contributed by atoms with Gasteiger partial charge in [-0.1, -0.05) is 47.5 Å². The lowest BCUT2D eigenvalue weighted by molar-refractivity contribution is -0.140. The normalized spacial score (nSPS) is 14.4. The van der Waals surface area contributed by atoms with Crippen LogP contribution in [0.3, 0.4) is 0 Å². The standard InChI is InChI=1S/C26H30ClFN2O2/c1-19(26(32)29-16-15-20-5-3-2-4-6-20)30(18-22-9-13-24(28)14-10-22)25(31)17-21-7-11-23(27)12-8-21/h5,7-14,19H,2-4,6,15-18H2,1H3,(H,29,32)/t19-/m1/s1. The largest absolute Gasteiger partial charge is 0.354 e. The predicted molar refractivity (Wildman–Crippen MR) is 126 cm³/mol. The fraction of sp³-hybridized carbons (Fsp3) is 0.385. The van der Waals surface area contributed by atoms with E-state index < -0.39 is 6.04 Å². The van der Waals surface area contributed by atoms with Gasteiger partial charge in [-0.2, -0.15) is 0 Å². The third-order valence-electron chi connectivity index (χ3n) is 5.83. The molecule has 0 bridgehead atoms. The summed E-state index contributed by atoms with van der Waals surface area (Å²) in [7, 11) is 0. The van der Waals surface area contributed by atoms with E-state index >= 15 is 0 Å². The van der Waals surface area contributed by atoms with Crippen LogP contribution < -0.4 is 5.32 Å². The minimum Gasteiger partial charge on any atom is -0.354 e. The number of hydrogen-bond acceptors (Lipinski definition) is 2. The SMILES string of the molecule is C[C@H](C(=O)NCCC1=CCCCC1)N(Cc1ccc(F)cc1)C(=O)Cc1ccc(Cl)cc1. The molecule has 2 aromatic carbocycles. The first-order chi connectivity index (χ1) is 15.4. The lowest BCUT2D eigenvalue weighted by Gasteiger charge is -2.29. The summed E-state index contributed by atoms with van der Waals surface area (Å²) in [6.07, 6.45) is 7.93. The summed E-state index contributed by atoms with van der Waals surface area (Å²) in [6.45, 7) is 2.52. The highest BCUT2D eigenvalue weighted by molar-refractivity contribution is 6.30. The fourth-order valence-corrected chi connectivity index (χ4v) is 4.00. The molecule has 0 fully saturated rings. The van der Waals surface area contributed by atoms with Gasteiger partial charge in [0.25, 0.3) is 0 Å². The maximum absolute atomic E-state index is 13.3. The Kier molecular flexibility index (Phi) is 8.86. The third-order valence-corrected chi connectivity index (χ3v) is 6.08. The number of carbonyl (C=O) groups excluding carboxylic acids is 2. The van der Waals surface area contributed by atoms with Crippen LogP contribution in [-0.4, -0.2) is 29.3 Å². The van der Waals surface area contributed by atoms with Crippen molar-refractivity contribution in [1.29, 1.82) is 0 Å². The van der Waals surface area contributed by atoms with Crippen molar-refractivity contribution in [2.24, 2.45) is 0 Å². The van der Waals surface area contributed by atoms with Gasteiger partial charge in [0.05, 0.1) is 6.42 Å². The van der Waals surface area contributed by atoms with Crippen molar-refractivity contribution in [2.45, 2.75) is 58.0 Å². The molecule has 0 aliphatic heterocycles. The molecule has 0 spiro atoms. The van der Waals surface area contributed by atoms with Crippen LogP contribution in [-0.2, 0) is 22.6 Å². The van der Waals surface area contributed by atoms with Gasteiger partial charge >= 0.3 is 0 Å². The lowest BCUT2D eigenvalue weighted by atomic mass is 9.97. The highest BCUT2D eigenvalue weighted by Gasteiger charge is 2.26. The molecule has 0 aromatic heterocycles. The molecule has 3 rings (SSSR count). The van der Waals surface area contributed by atoms with Crippen LogP contribution in [0.5, 0.6) is 0 Å². The van der Waals surface area contributed by atoms with E-state index in [0.29, 0.717) is 11.6 Å². The van der Waals surface area contributed by atoms with E-state index in [0.717, 1.165) is 30.4 Å². The molecule has 1 aliphatic rings. The summed E-state index contributed by atoms with van der Waals surface area (Å²) in [5.74, 6) is -0.696. The molecule has 4 nitrogen and oxygen atoms in total. The Morgan fingerprint density at radius 1 is 1.06 bits per heavy atom. The number of nitrogens with zero attached hydrogens (tertiary/aromatic N) is 1. The first-order valence-corrected chi connectivity index (χ1v) is 11.5. The van der Waals surface area contributed by atoms with Gasteiger partial charge < -0.3 is 10.2 Å². The maximum Gasteiger partial charge on any atom is 0.242 e. The highest BCUT2D eigenvalue weighted by atomic mass is 35.5. The van der Waals surface area contributed by atoms with Crippen molar-refractivity contribution in [3.8, 4) is 0 Å². The van der Waals surface area contributed by atoms with Gasteiger partial charge in [0, 0.05) is 18.1 Å². The molecular weight excluding hydrogens is 427 g/mol. The fourth-order valence-electron chi connectivity index (χ4n) is 3.87. The van der Waals surface area contributed by atoms with Crippen LogP contribution in [0, 0.1) is 5.82 Å². The Morgan fingerprint density at radius 2 is 1.75 bits per heavy atom. The maximum atomic E-state index is 13.3. The van der Waals surface area contributed by atoms with Crippen LogP contribution in [0.15, 0.2) is 60.2 Å². The molecule has 2 amide bonds. The molecular formula is C26H30ClFN2O2. The third kappa shape index (κ3) is 7.20. The zero-order valence-corrected chi connectivity index (χ0v) is 19.2. The number of benzene rings is 2. The molecule has 1 aliphatic carbocycles. The van der Waals surface area contributed by atoms with Crippen LogP contribution >= 0.6 is 11.6 Å². The Balaban J connectivity index is 1.67. The summed E-state index contributed by atoms with van der Waals surface area (Å²) >= 11 is 5.94. The number of nitrogens with one attached hydrogen (secondary N) is 1. The summed E-state index contributed by atoms with van der Waals surface area (Å²) in [4.78, 5) is 27.6. The van der Waals surface area contributed by atoms with Gasteiger partial charge in [0.2, 0.25) is 11.8 Å². The zero-order valence-electron chi connectivity index (χ0n) is 18.4. The molecule has 0 unspecified atom stereocenters. The number of allylic oxidation sites excluding steroid dienone is 1. The monoisotopic (exact) mass is 456 g/mol. The lowest BCUT2D eigenvalue weighted by Crippen LogP contribution is -2.48. The number of hydrogen-bond donors (Lipinski definition) is 1.